The number of nitrogens with zero attached hydrogens (tertiary/aromatic N) is 2. The van der Waals surface area contributed by atoms with Gasteiger partial charge in [-0.25, -0.2) is 0 Å². The average molecular weight is 356 g/mol. The van der Waals surface area contributed by atoms with Crippen molar-refractivity contribution in [3.63, 3.8) is 0 Å². The normalized spacial score (nSPS) is 23.2. The molecule has 0 radical (unpaired) electrons. The molecule has 2 heterocycles. The number of benzene rings is 1. The van der Waals surface area contributed by atoms with Gasteiger partial charge in [0.1, 0.15) is 0 Å². The molecule has 0 spiro atoms. The van der Waals surface area contributed by atoms with Crippen LogP contribution < -0.4 is 4.90 Å². The third-order valence-electron chi connectivity index (χ3n) is 3.67. The van der Waals surface area contributed by atoms with Crippen LogP contribution >= 0.6 is 27.5 Å². The third kappa shape index (κ3) is 2.65. The zero-order valence-electron chi connectivity index (χ0n) is 11.2. The lowest BCUT2D eigenvalue weighted by Crippen LogP contribution is -2.49. The predicted molar refractivity (Wildman–Crippen MR) is 87.1 cm³/mol. The van der Waals surface area contributed by atoms with Crippen molar-refractivity contribution in [1.82, 2.24) is 4.98 Å². The van der Waals surface area contributed by atoms with Crippen LogP contribution in [0, 0.1) is 0 Å². The van der Waals surface area contributed by atoms with Crippen molar-refractivity contribution in [3.8, 4) is 0 Å². The van der Waals surface area contributed by atoms with E-state index < -0.39 is 0 Å². The van der Waals surface area contributed by atoms with Gasteiger partial charge in [0.2, 0.25) is 0 Å². The maximum atomic E-state index is 6.05. The Balaban J connectivity index is 2.04. The Labute approximate surface area is 132 Å². The Bertz CT molecular complexity index is 622. The topological polar surface area (TPSA) is 25.4 Å². The lowest BCUT2D eigenvalue weighted by molar-refractivity contribution is 0.0381. The number of anilines is 1. The highest BCUT2D eigenvalue weighted by molar-refractivity contribution is 9.09. The van der Waals surface area contributed by atoms with Gasteiger partial charge in [-0.15, -0.1) is 0 Å². The van der Waals surface area contributed by atoms with Crippen molar-refractivity contribution in [2.45, 2.75) is 19.1 Å². The van der Waals surface area contributed by atoms with Crippen molar-refractivity contribution in [3.05, 3.63) is 35.5 Å². The molecule has 0 bridgehead atoms. The number of pyridine rings is 1. The first kappa shape index (κ1) is 14.1. The highest BCUT2D eigenvalue weighted by atomic mass is 79.9. The number of hydrogen-bond acceptors (Lipinski definition) is 3. The molecule has 1 aliphatic rings. The number of alkyl halides is 1. The molecule has 1 saturated heterocycles. The van der Waals surface area contributed by atoms with E-state index in [1.165, 1.54) is 5.69 Å². The molecular weight excluding hydrogens is 340 g/mol. The molecule has 106 valence electrons. The lowest BCUT2D eigenvalue weighted by Gasteiger charge is -2.39. The minimum Gasteiger partial charge on any atom is -0.373 e. The first-order valence-corrected chi connectivity index (χ1v) is 8.17. The van der Waals surface area contributed by atoms with Gasteiger partial charge in [-0.3, -0.25) is 4.98 Å². The summed E-state index contributed by atoms with van der Waals surface area (Å²) in [6.45, 7) is 3.81. The first-order valence-electron chi connectivity index (χ1n) is 6.67. The number of hydrogen-bond donors (Lipinski definition) is 0. The van der Waals surface area contributed by atoms with Crippen LogP contribution in [0.5, 0.6) is 0 Å². The van der Waals surface area contributed by atoms with E-state index in [0.29, 0.717) is 6.04 Å². The Morgan fingerprint density at radius 3 is 3.10 bits per heavy atom. The molecule has 0 N–H and O–H groups in total. The van der Waals surface area contributed by atoms with Crippen molar-refractivity contribution >= 4 is 44.1 Å². The molecule has 0 amide bonds. The smallest absolute Gasteiger partial charge is 0.0847 e. The fourth-order valence-electron chi connectivity index (χ4n) is 2.60. The minimum absolute atomic E-state index is 0.224. The summed E-state index contributed by atoms with van der Waals surface area (Å²) in [5, 5.41) is 2.71. The van der Waals surface area contributed by atoms with Gasteiger partial charge in [0, 0.05) is 40.2 Å². The summed E-state index contributed by atoms with van der Waals surface area (Å²) in [5.41, 5.74) is 2.14. The number of halogens is 2. The molecule has 2 aromatic rings. The zero-order chi connectivity index (χ0) is 14.1. The van der Waals surface area contributed by atoms with Crippen molar-refractivity contribution < 1.29 is 4.74 Å². The molecule has 0 aliphatic carbocycles. The fraction of sp³-hybridized carbons (Fsp3) is 0.400. The summed E-state index contributed by atoms with van der Waals surface area (Å²) in [6, 6.07) is 8.30. The standard InChI is InChI=1S/C15H16BrClN2O/c1-10-9-20-12(7-16)8-19(10)15-4-5-18-14-6-11(17)2-3-13(14)15/h2-6,10,12H,7-9H2,1H3. The van der Waals surface area contributed by atoms with Crippen LogP contribution in [0.2, 0.25) is 5.02 Å². The van der Waals surface area contributed by atoms with E-state index in [1.807, 2.05) is 24.4 Å². The summed E-state index contributed by atoms with van der Waals surface area (Å²) in [4.78, 5) is 6.81. The van der Waals surface area contributed by atoms with Gasteiger partial charge in [-0.05, 0) is 31.2 Å². The Kier molecular flexibility index (Phi) is 4.15. The molecule has 2 atom stereocenters. The molecule has 1 fully saturated rings. The van der Waals surface area contributed by atoms with Gasteiger partial charge >= 0.3 is 0 Å². The second-order valence-corrected chi connectivity index (χ2v) is 6.19. The van der Waals surface area contributed by atoms with Crippen LogP contribution in [-0.2, 0) is 4.74 Å². The molecular formula is C15H16BrClN2O. The summed E-state index contributed by atoms with van der Waals surface area (Å²) in [5.74, 6) is 0. The van der Waals surface area contributed by atoms with Crippen LogP contribution in [-0.4, -0.2) is 35.6 Å². The minimum atomic E-state index is 0.224. The van der Waals surface area contributed by atoms with Crippen LogP contribution in [0.4, 0.5) is 5.69 Å². The van der Waals surface area contributed by atoms with Gasteiger partial charge in [-0.2, -0.15) is 0 Å². The lowest BCUT2D eigenvalue weighted by atomic mass is 10.1. The summed E-state index contributed by atoms with van der Waals surface area (Å²) in [7, 11) is 0. The second kappa shape index (κ2) is 5.88. The Morgan fingerprint density at radius 1 is 1.45 bits per heavy atom. The molecule has 1 aliphatic heterocycles. The maximum Gasteiger partial charge on any atom is 0.0847 e. The molecule has 20 heavy (non-hydrogen) atoms. The van der Waals surface area contributed by atoms with E-state index >= 15 is 0 Å². The van der Waals surface area contributed by atoms with E-state index in [2.05, 4.69) is 38.8 Å². The number of fused-ring (bicyclic) bond motifs is 1. The highest BCUT2D eigenvalue weighted by Crippen LogP contribution is 2.30. The van der Waals surface area contributed by atoms with E-state index in [9.17, 15) is 0 Å². The average Bonchev–Trinajstić information content (AvgIpc) is 2.47. The third-order valence-corrected chi connectivity index (χ3v) is 4.63. The van der Waals surface area contributed by atoms with E-state index in [0.717, 1.165) is 34.4 Å². The van der Waals surface area contributed by atoms with E-state index in [-0.39, 0.29) is 6.10 Å². The van der Waals surface area contributed by atoms with Gasteiger partial charge in [0.15, 0.2) is 0 Å². The SMILES string of the molecule is CC1COC(CBr)CN1c1ccnc2cc(Cl)ccc12. The van der Waals surface area contributed by atoms with E-state index in [4.69, 9.17) is 16.3 Å². The largest absolute Gasteiger partial charge is 0.373 e. The molecule has 2 unspecified atom stereocenters. The fourth-order valence-corrected chi connectivity index (χ4v) is 3.16. The molecule has 1 aromatic carbocycles. The Hall–Kier alpha value is -0.840. The van der Waals surface area contributed by atoms with Crippen LogP contribution in [0.1, 0.15) is 6.92 Å². The molecule has 5 heteroatoms. The Morgan fingerprint density at radius 2 is 2.30 bits per heavy atom. The quantitative estimate of drug-likeness (QED) is 0.765. The number of rotatable bonds is 2. The van der Waals surface area contributed by atoms with Gasteiger partial charge in [0.25, 0.3) is 0 Å². The number of ether oxygens (including phenoxy) is 1. The summed E-state index contributed by atoms with van der Waals surface area (Å²) in [6.07, 6.45) is 2.07. The maximum absolute atomic E-state index is 6.05. The van der Waals surface area contributed by atoms with Crippen LogP contribution in [0.3, 0.4) is 0 Å². The highest BCUT2D eigenvalue weighted by Gasteiger charge is 2.26. The van der Waals surface area contributed by atoms with Gasteiger partial charge in [0.05, 0.1) is 18.2 Å². The molecule has 0 saturated carbocycles. The van der Waals surface area contributed by atoms with Crippen LogP contribution in [0.15, 0.2) is 30.5 Å². The first-order chi connectivity index (χ1) is 9.69. The summed E-state index contributed by atoms with van der Waals surface area (Å²) < 4.78 is 5.80. The van der Waals surface area contributed by atoms with Gasteiger partial charge in [-0.1, -0.05) is 27.5 Å². The zero-order valence-corrected chi connectivity index (χ0v) is 13.6. The van der Waals surface area contributed by atoms with E-state index in [1.54, 1.807) is 0 Å². The monoisotopic (exact) mass is 354 g/mol. The summed E-state index contributed by atoms with van der Waals surface area (Å²) >= 11 is 9.56. The van der Waals surface area contributed by atoms with Crippen LogP contribution in [0.25, 0.3) is 10.9 Å². The molecule has 3 nitrogen and oxygen atoms in total. The van der Waals surface area contributed by atoms with Crippen molar-refractivity contribution in [2.75, 3.05) is 23.4 Å². The van der Waals surface area contributed by atoms with Crippen molar-refractivity contribution in [1.29, 1.82) is 0 Å². The number of morpholine rings is 1. The van der Waals surface area contributed by atoms with Gasteiger partial charge < -0.3 is 9.64 Å². The molecule has 1 aromatic heterocycles. The second-order valence-electron chi connectivity index (χ2n) is 5.10. The predicted octanol–water partition coefficient (Wildman–Crippen LogP) is 3.88. The molecule has 3 rings (SSSR count). The number of aromatic nitrogens is 1. The van der Waals surface area contributed by atoms with Crippen molar-refractivity contribution in [2.24, 2.45) is 0 Å².